The van der Waals surface area contributed by atoms with Crippen molar-refractivity contribution in [2.24, 2.45) is 5.92 Å². The van der Waals surface area contributed by atoms with Crippen molar-refractivity contribution in [3.05, 3.63) is 52.1 Å². The molecule has 4 N–H and O–H groups in total. The van der Waals surface area contributed by atoms with Crippen molar-refractivity contribution in [3.8, 4) is 0 Å². The van der Waals surface area contributed by atoms with Gasteiger partial charge in [-0.05, 0) is 30.7 Å². The molecule has 0 aliphatic carbocycles. The first-order valence-corrected chi connectivity index (χ1v) is 12.0. The third kappa shape index (κ3) is 7.43. The average molecular weight is 554 g/mol. The van der Waals surface area contributed by atoms with Crippen LogP contribution in [0.15, 0.2) is 35.3 Å². The number of hydrogen-bond donors (Lipinski definition) is 4. The summed E-state index contributed by atoms with van der Waals surface area (Å²) in [5.41, 5.74) is 0.117. The number of carboxylic acids is 1. The number of aromatic amines is 1. The number of nitrogens with zero attached hydrogens (tertiary/aromatic N) is 4. The van der Waals surface area contributed by atoms with Crippen LogP contribution < -0.4 is 21.1 Å². The monoisotopic (exact) mass is 553 g/mol. The summed E-state index contributed by atoms with van der Waals surface area (Å²) in [4.78, 5) is 87.8. The van der Waals surface area contributed by atoms with Crippen molar-refractivity contribution in [2.75, 3.05) is 17.3 Å². The number of anilines is 2. The van der Waals surface area contributed by atoms with Crippen LogP contribution in [0, 0.1) is 5.92 Å². The van der Waals surface area contributed by atoms with E-state index in [1.54, 1.807) is 13.8 Å². The zero-order chi connectivity index (χ0) is 29.4. The third-order valence-electron chi connectivity index (χ3n) is 5.59. The fourth-order valence-corrected chi connectivity index (χ4v) is 3.42. The highest BCUT2D eigenvalue weighted by Crippen LogP contribution is 2.17. The molecule has 0 aliphatic rings. The molecule has 15 heteroatoms. The Morgan fingerprint density at radius 2 is 1.85 bits per heavy atom. The Labute approximate surface area is 227 Å². The maximum Gasteiger partial charge on any atom is 0.328 e. The minimum atomic E-state index is -1.15. The Balaban J connectivity index is 1.74. The molecule has 40 heavy (non-hydrogen) atoms. The van der Waals surface area contributed by atoms with E-state index in [0.717, 1.165) is 7.11 Å². The Bertz CT molecular complexity index is 1490. The normalized spacial score (nSPS) is 11.5. The van der Waals surface area contributed by atoms with E-state index in [1.165, 1.54) is 35.4 Å². The number of H-pyrrole nitrogens is 1. The van der Waals surface area contributed by atoms with E-state index in [1.807, 2.05) is 0 Å². The van der Waals surface area contributed by atoms with Crippen LogP contribution in [0.3, 0.4) is 0 Å². The molecule has 15 nitrogen and oxygen atoms in total. The molecule has 0 fully saturated rings. The summed E-state index contributed by atoms with van der Waals surface area (Å²) in [6.45, 7) is 3.31. The number of benzene rings is 1. The minimum Gasteiger partial charge on any atom is -0.481 e. The van der Waals surface area contributed by atoms with Crippen LogP contribution in [0.4, 0.5) is 11.6 Å². The number of carbonyl (C=O) groups excluding carboxylic acids is 4. The number of esters is 1. The van der Waals surface area contributed by atoms with Crippen LogP contribution in [0.25, 0.3) is 11.2 Å². The van der Waals surface area contributed by atoms with Gasteiger partial charge in [-0.1, -0.05) is 13.8 Å². The van der Waals surface area contributed by atoms with Gasteiger partial charge in [0.2, 0.25) is 18.3 Å². The van der Waals surface area contributed by atoms with Crippen LogP contribution in [-0.2, 0) is 30.5 Å². The quantitative estimate of drug-likeness (QED) is 0.180. The number of aliphatic carboxylic acids is 1. The molecule has 0 unspecified atom stereocenters. The van der Waals surface area contributed by atoms with E-state index < -0.39 is 29.4 Å². The summed E-state index contributed by atoms with van der Waals surface area (Å²) in [7, 11) is 1.13. The van der Waals surface area contributed by atoms with Crippen LogP contribution in [0.5, 0.6) is 0 Å². The lowest BCUT2D eigenvalue weighted by atomic mass is 10.1. The molecule has 2 aromatic heterocycles. The number of fused-ring (bicyclic) bond motifs is 1. The summed E-state index contributed by atoms with van der Waals surface area (Å²) in [5.74, 6) is -3.26. The minimum absolute atomic E-state index is 0.00758. The molecular weight excluding hydrogens is 526 g/mol. The van der Waals surface area contributed by atoms with E-state index in [0.29, 0.717) is 12.1 Å². The first-order chi connectivity index (χ1) is 19.0. The van der Waals surface area contributed by atoms with Crippen molar-refractivity contribution < 1.29 is 33.8 Å². The largest absolute Gasteiger partial charge is 0.481 e. The number of carboxylic acid groups (broad SMARTS) is 1. The first kappa shape index (κ1) is 29.3. The number of methoxy groups -OCH3 is 1. The Kier molecular flexibility index (Phi) is 9.56. The van der Waals surface area contributed by atoms with Crippen LogP contribution in [0.2, 0.25) is 0 Å². The van der Waals surface area contributed by atoms with Gasteiger partial charge in [0.25, 0.3) is 11.5 Å². The lowest BCUT2D eigenvalue weighted by molar-refractivity contribution is -0.143. The van der Waals surface area contributed by atoms with Gasteiger partial charge in [0.05, 0.1) is 25.5 Å². The van der Waals surface area contributed by atoms with Gasteiger partial charge in [-0.2, -0.15) is 4.98 Å². The smallest absolute Gasteiger partial charge is 0.328 e. The number of ether oxygens (including phenoxy) is 1. The van der Waals surface area contributed by atoms with Gasteiger partial charge in [0.15, 0.2) is 11.2 Å². The highest BCUT2D eigenvalue weighted by molar-refractivity contribution is 5.97. The maximum absolute atomic E-state index is 12.6. The molecule has 0 radical (unpaired) electrons. The molecule has 0 saturated heterocycles. The van der Waals surface area contributed by atoms with E-state index >= 15 is 0 Å². The second kappa shape index (κ2) is 13.0. The Hall–Kier alpha value is -5.21. The zero-order valence-electron chi connectivity index (χ0n) is 21.8. The molecule has 210 valence electrons. The maximum atomic E-state index is 12.6. The van der Waals surface area contributed by atoms with Crippen molar-refractivity contribution in [1.29, 1.82) is 0 Å². The van der Waals surface area contributed by atoms with E-state index in [4.69, 9.17) is 5.11 Å². The lowest BCUT2D eigenvalue weighted by Gasteiger charge is -2.18. The first-order valence-electron chi connectivity index (χ1n) is 12.0. The standard InChI is InChI=1S/C25H27N7O8/c1-13(2)21(36)30-25-29-20-19(23(38)31-25)27-15(10-26-20)11-32(12-33)16-6-4-14(5-7-16)22(37)28-17(24(39)40-3)8-9-18(34)35/h4-7,10,12-13,17H,8-9,11H2,1-3H3,(H,28,37)(H,34,35)(H2,26,29,30,31,36,38)/t17-/m0/s1. The number of carbonyl (C=O) groups is 5. The topological polar surface area (TPSA) is 214 Å². The van der Waals surface area contributed by atoms with Crippen molar-refractivity contribution in [1.82, 2.24) is 25.3 Å². The van der Waals surface area contributed by atoms with E-state index in [2.05, 4.69) is 35.3 Å². The molecule has 1 atom stereocenters. The van der Waals surface area contributed by atoms with Gasteiger partial charge >= 0.3 is 11.9 Å². The number of amides is 3. The Morgan fingerprint density at radius 1 is 1.15 bits per heavy atom. The second-order valence-electron chi connectivity index (χ2n) is 8.85. The van der Waals surface area contributed by atoms with Gasteiger partial charge in [-0.15, -0.1) is 0 Å². The highest BCUT2D eigenvalue weighted by Gasteiger charge is 2.23. The third-order valence-corrected chi connectivity index (χ3v) is 5.59. The molecule has 0 spiro atoms. The fourth-order valence-electron chi connectivity index (χ4n) is 3.42. The van der Waals surface area contributed by atoms with Gasteiger partial charge in [-0.25, -0.2) is 14.8 Å². The molecule has 1 aromatic carbocycles. The summed E-state index contributed by atoms with van der Waals surface area (Å²) in [6.07, 6.45) is 1.38. The molecule has 3 amide bonds. The van der Waals surface area contributed by atoms with Gasteiger partial charge in [0.1, 0.15) is 6.04 Å². The summed E-state index contributed by atoms with van der Waals surface area (Å²) in [5, 5.41) is 13.8. The zero-order valence-corrected chi connectivity index (χ0v) is 21.8. The summed E-state index contributed by atoms with van der Waals surface area (Å²) in [6, 6.07) is 4.66. The second-order valence-corrected chi connectivity index (χ2v) is 8.85. The lowest BCUT2D eigenvalue weighted by Crippen LogP contribution is -2.41. The predicted octanol–water partition coefficient (Wildman–Crippen LogP) is 0.607. The van der Waals surface area contributed by atoms with Crippen molar-refractivity contribution in [3.63, 3.8) is 0 Å². The predicted molar refractivity (Wildman–Crippen MR) is 140 cm³/mol. The van der Waals surface area contributed by atoms with Crippen molar-refractivity contribution in [2.45, 2.75) is 39.3 Å². The molecular formula is C25H27N7O8. The number of nitrogens with one attached hydrogen (secondary N) is 3. The molecule has 3 aromatic rings. The summed E-state index contributed by atoms with van der Waals surface area (Å²) >= 11 is 0. The SMILES string of the molecule is COC(=O)[C@H](CCC(=O)O)NC(=O)c1ccc(N(C=O)Cc2cnc3nc(NC(=O)C(C)C)[nH]c(=O)c3n2)cc1. The fraction of sp³-hybridized carbons (Fsp3) is 0.320. The number of hydrogen-bond acceptors (Lipinski definition) is 10. The van der Waals surface area contributed by atoms with E-state index in [9.17, 15) is 28.8 Å². The number of aromatic nitrogens is 4. The molecule has 0 bridgehead atoms. The van der Waals surface area contributed by atoms with E-state index in [-0.39, 0.29) is 59.6 Å². The van der Waals surface area contributed by atoms with Crippen LogP contribution in [0.1, 0.15) is 42.7 Å². The van der Waals surface area contributed by atoms with Crippen LogP contribution >= 0.6 is 0 Å². The Morgan fingerprint density at radius 3 is 2.45 bits per heavy atom. The summed E-state index contributed by atoms with van der Waals surface area (Å²) < 4.78 is 4.62. The van der Waals surface area contributed by atoms with Gasteiger partial charge in [0, 0.05) is 23.6 Å². The van der Waals surface area contributed by atoms with Crippen molar-refractivity contribution >= 4 is 53.0 Å². The molecule has 2 heterocycles. The average Bonchev–Trinajstić information content (AvgIpc) is 2.93. The highest BCUT2D eigenvalue weighted by atomic mass is 16.5. The number of rotatable bonds is 12. The van der Waals surface area contributed by atoms with Gasteiger partial charge < -0.3 is 20.1 Å². The molecule has 0 aliphatic heterocycles. The molecule has 3 rings (SSSR count). The van der Waals surface area contributed by atoms with Crippen LogP contribution in [-0.4, -0.2) is 68.4 Å². The molecule has 0 saturated carbocycles. The van der Waals surface area contributed by atoms with Gasteiger partial charge in [-0.3, -0.25) is 34.3 Å².